The van der Waals surface area contributed by atoms with Crippen molar-refractivity contribution < 1.29 is 49.2 Å². The molecule has 0 aliphatic heterocycles. The third kappa shape index (κ3) is 29.9. The maximum atomic E-state index is 11.5. The summed E-state index contributed by atoms with van der Waals surface area (Å²) in [6.45, 7) is 34.3. The first-order valence-corrected chi connectivity index (χ1v) is 23.9. The van der Waals surface area contributed by atoms with Crippen LogP contribution in [0.25, 0.3) is 5.32 Å². The molecule has 0 aliphatic carbocycles. The van der Waals surface area contributed by atoms with Crippen LogP contribution in [0.5, 0.6) is 0 Å². The number of carbonyl (C=O) groups excluding carboxylic acids is 2. The zero-order chi connectivity index (χ0) is 44.5. The van der Waals surface area contributed by atoms with Gasteiger partial charge in [-0.05, 0) is 6.92 Å². The van der Waals surface area contributed by atoms with E-state index in [0.29, 0.717) is 0 Å². The van der Waals surface area contributed by atoms with E-state index in [1.165, 1.54) is 176 Å². The molecule has 2 rings (SSSR count). The van der Waals surface area contributed by atoms with Crippen molar-refractivity contribution in [3.8, 4) is 0 Å². The number of hydrogen-bond acceptors (Lipinski definition) is 2. The summed E-state index contributed by atoms with van der Waals surface area (Å²) in [5.41, 5.74) is 11.5. The Morgan fingerprint density at radius 3 is 1.10 bits per heavy atom. The first-order valence-electron chi connectivity index (χ1n) is 23.9. The average molecular weight is 1040 g/mol. The Kier molecular flexibility index (Phi) is 45.3. The molecule has 0 bridgehead atoms. The van der Waals surface area contributed by atoms with Gasteiger partial charge < -0.3 is 15.0 Å². The van der Waals surface area contributed by atoms with Gasteiger partial charge in [0.15, 0.2) is 5.91 Å². The van der Waals surface area contributed by atoms with Gasteiger partial charge in [-0.1, -0.05) is 231 Å². The van der Waals surface area contributed by atoms with Gasteiger partial charge in [-0.2, -0.15) is 63.6 Å². The van der Waals surface area contributed by atoms with Crippen molar-refractivity contribution in [3.63, 3.8) is 0 Å². The molecule has 2 amide bonds. The second-order valence-electron chi connectivity index (χ2n) is 16.8. The number of carbonyl (C=O) groups is 2. The number of anilines is 1. The summed E-state index contributed by atoms with van der Waals surface area (Å²) in [5.74, 6) is -0.110. The molecule has 2 aromatic carbocycles. The number of hydrogen-bond donors (Lipinski definition) is 0. The summed E-state index contributed by atoms with van der Waals surface area (Å²) < 4.78 is 0. The monoisotopic (exact) mass is 1040 g/mol. The fourth-order valence-electron chi connectivity index (χ4n) is 7.20. The van der Waals surface area contributed by atoms with E-state index >= 15 is 0 Å². The van der Waals surface area contributed by atoms with Crippen LogP contribution in [0.2, 0.25) is 0 Å². The molecule has 0 fully saturated rings. The molecular weight excluding hydrogens is 943 g/mol. The van der Waals surface area contributed by atoms with Crippen LogP contribution in [0.4, 0.5) is 5.69 Å². The van der Waals surface area contributed by atoms with Gasteiger partial charge in [0, 0.05) is 12.8 Å². The number of nitrogens with zero attached hydrogens (tertiary/aromatic N) is 2. The zero-order valence-electron chi connectivity index (χ0n) is 42.3. The van der Waals surface area contributed by atoms with Gasteiger partial charge in [0.05, 0.1) is 0 Å². The van der Waals surface area contributed by atoms with Gasteiger partial charge in [0.1, 0.15) is 0 Å². The minimum Gasteiger partial charge on any atom is -0.649 e. The van der Waals surface area contributed by atoms with E-state index in [1.807, 2.05) is 34.6 Å². The van der Waals surface area contributed by atoms with Gasteiger partial charge in [-0.3, -0.25) is 4.79 Å². The summed E-state index contributed by atoms with van der Waals surface area (Å²) in [5, 5.41) is 4.05. The summed E-state index contributed by atoms with van der Waals surface area (Å²) in [7, 11) is 0. The molecule has 0 spiro atoms. The fourth-order valence-corrected chi connectivity index (χ4v) is 7.20. The van der Waals surface area contributed by atoms with Gasteiger partial charge in [-0.15, -0.1) is 17.3 Å². The van der Waals surface area contributed by atoms with E-state index in [-0.39, 0.29) is 57.5 Å². The molecule has 0 aliphatic rings. The standard InChI is InChI=1S/C14H20NO.C14H19NO.2C13H28.V.W/c1-8-7-14(12(5)15-13(6)16)11(4)10(3)9(8)2;1-7-15(13(6)16)14-8-9(2)10(3)11(4)12(14)5;2*1-3-5-7-9-11-13-12-10-8-6-4-2;;/h12H,1-6H3,(H,15,16);7H,1-6H3;2*3-13H2,1-2H3;;/q-1;-2;;;2*+2/p-1/t12-;;;;;/m1...../s1. The average Bonchev–Trinajstić information content (AvgIpc) is 3.19. The van der Waals surface area contributed by atoms with Crippen LogP contribution >= 0.6 is 0 Å². The number of aryl methyl sites for hydroxylation is 2. The van der Waals surface area contributed by atoms with Crippen molar-refractivity contribution in [2.75, 3.05) is 4.90 Å². The number of amides is 2. The van der Waals surface area contributed by atoms with E-state index < -0.39 is 0 Å². The Labute approximate surface area is 401 Å². The van der Waals surface area contributed by atoms with Gasteiger partial charge in [0.25, 0.3) is 0 Å². The molecule has 0 heterocycles. The van der Waals surface area contributed by atoms with Gasteiger partial charge in [0.2, 0.25) is 0 Å². The Balaban J connectivity index is -0.000000347. The van der Waals surface area contributed by atoms with Crippen molar-refractivity contribution in [1.82, 2.24) is 0 Å². The molecule has 0 unspecified atom stereocenters. The molecule has 60 heavy (non-hydrogen) atoms. The zero-order valence-corrected chi connectivity index (χ0v) is 46.6. The molecule has 4 nitrogen and oxygen atoms in total. The maximum Gasteiger partial charge on any atom is 2.00 e. The van der Waals surface area contributed by atoms with Crippen molar-refractivity contribution in [3.05, 3.63) is 74.1 Å². The normalized spacial score (nSPS) is 10.7. The van der Waals surface area contributed by atoms with Gasteiger partial charge >= 0.3 is 39.6 Å². The van der Waals surface area contributed by atoms with Crippen LogP contribution in [-0.2, 0) is 49.2 Å². The molecule has 0 saturated carbocycles. The predicted octanol–water partition coefficient (Wildman–Crippen LogP) is 17.6. The van der Waals surface area contributed by atoms with Crippen LogP contribution in [0, 0.1) is 74.1 Å². The summed E-state index contributed by atoms with van der Waals surface area (Å²) in [6.07, 6.45) is 31.9. The van der Waals surface area contributed by atoms with Crippen molar-refractivity contribution >= 4 is 17.5 Å². The number of benzene rings is 2. The Bertz CT molecular complexity index is 1330. The second kappa shape index (κ2) is 41.7. The third-order valence-corrected chi connectivity index (χ3v) is 11.8. The Morgan fingerprint density at radius 1 is 0.517 bits per heavy atom. The number of rotatable bonds is 24. The molecule has 1 radical (unpaired) electrons. The molecule has 0 N–H and O–H groups in total. The third-order valence-electron chi connectivity index (χ3n) is 11.8. The molecule has 0 aromatic heterocycles. The second-order valence-corrected chi connectivity index (χ2v) is 16.8. The van der Waals surface area contributed by atoms with E-state index in [4.69, 9.17) is 0 Å². The quantitative estimate of drug-likeness (QED) is 0.0777. The summed E-state index contributed by atoms with van der Waals surface area (Å²) >= 11 is 0. The molecule has 343 valence electrons. The van der Waals surface area contributed by atoms with Crippen molar-refractivity contribution in [2.45, 2.75) is 258 Å². The Hall–Kier alpha value is -1.35. The minimum atomic E-state index is -0.129. The van der Waals surface area contributed by atoms with Crippen LogP contribution in [-0.4, -0.2) is 11.8 Å². The number of unbranched alkanes of at least 4 members (excludes halogenated alkanes) is 20. The molecule has 2 aromatic rings. The Morgan fingerprint density at radius 2 is 0.817 bits per heavy atom. The molecular formula is C54H94N2O2VW. The molecule has 0 saturated heterocycles. The van der Waals surface area contributed by atoms with Crippen LogP contribution in [0.3, 0.4) is 0 Å². The topological polar surface area (TPSA) is 51.5 Å². The van der Waals surface area contributed by atoms with Crippen LogP contribution in [0.1, 0.15) is 253 Å². The van der Waals surface area contributed by atoms with Crippen LogP contribution < -0.4 is 4.90 Å². The summed E-state index contributed by atoms with van der Waals surface area (Å²) in [4.78, 5) is 24.2. The first-order chi connectivity index (χ1) is 27.6. The van der Waals surface area contributed by atoms with E-state index in [9.17, 15) is 9.59 Å². The van der Waals surface area contributed by atoms with Gasteiger partial charge in [-0.25, -0.2) is 6.54 Å². The maximum absolute atomic E-state index is 11.5. The smallest absolute Gasteiger partial charge is 0.649 e. The fraction of sp³-hybridized carbons (Fsp3) is 0.722. The predicted molar refractivity (Wildman–Crippen MR) is 258 cm³/mol. The van der Waals surface area contributed by atoms with E-state index in [2.05, 4.69) is 79.8 Å². The van der Waals surface area contributed by atoms with Crippen molar-refractivity contribution in [2.24, 2.45) is 0 Å². The first kappa shape index (κ1) is 65.3. The summed E-state index contributed by atoms with van der Waals surface area (Å²) in [6, 6.07) is 6.53. The van der Waals surface area contributed by atoms with Crippen molar-refractivity contribution in [1.29, 1.82) is 0 Å². The largest absolute Gasteiger partial charge is 2.00 e. The van der Waals surface area contributed by atoms with E-state index in [0.717, 1.165) is 27.9 Å². The van der Waals surface area contributed by atoms with E-state index in [1.54, 1.807) is 18.4 Å². The molecule has 1 atom stereocenters. The van der Waals surface area contributed by atoms with Crippen LogP contribution in [0.15, 0.2) is 0 Å². The SMILES string of the molecule is CC(=O)[N-][C@H](C)c1[c-]c(C)c(C)c(C)c1C.CCCCCCCCCCCCC.CCCCCCCCCCCCC.C[CH-]N(C(C)=O)c1[c-]c(C)c(C)c(C)c1C.[V+2].[W+2]. The molecule has 6 heteroatoms. The minimum absolute atomic E-state index is 0.